The molecule has 1 amide bonds. The Labute approximate surface area is 197 Å². The summed E-state index contributed by atoms with van der Waals surface area (Å²) in [6.07, 6.45) is 0. The summed E-state index contributed by atoms with van der Waals surface area (Å²) in [6, 6.07) is 13.8. The van der Waals surface area contributed by atoms with Gasteiger partial charge in [0, 0.05) is 16.3 Å². The van der Waals surface area contributed by atoms with E-state index in [1.165, 1.54) is 57.7 Å². The second kappa shape index (κ2) is 10.0. The fourth-order valence-corrected chi connectivity index (χ4v) is 4.35. The zero-order valence-corrected chi connectivity index (χ0v) is 20.0. The average Bonchev–Trinajstić information content (AvgIpc) is 2.81. The number of hydrogen-bond donors (Lipinski definition) is 2. The van der Waals surface area contributed by atoms with Gasteiger partial charge in [0.05, 0.1) is 31.9 Å². The summed E-state index contributed by atoms with van der Waals surface area (Å²) in [6.45, 7) is 1.72. The van der Waals surface area contributed by atoms with Crippen molar-refractivity contribution in [1.82, 2.24) is 0 Å². The minimum atomic E-state index is -3.84. The quantitative estimate of drug-likeness (QED) is 0.473. The number of nitrogens with one attached hydrogen (secondary N) is 2. The number of methoxy groups -OCH3 is 3. The van der Waals surface area contributed by atoms with E-state index in [1.54, 1.807) is 25.1 Å². The Kier molecular flexibility index (Phi) is 7.35. The second-order valence-electron chi connectivity index (χ2n) is 6.91. The molecule has 0 aliphatic carbocycles. The van der Waals surface area contributed by atoms with Gasteiger partial charge in [-0.1, -0.05) is 17.7 Å². The third kappa shape index (κ3) is 5.32. The standard InChI is InChI=1S/C23H23ClN2O6S/c1-14-18(24)6-5-7-19(14)26-33(28,29)17-10-8-16(9-11-17)25-23(27)15-12-20(30-2)22(32-4)21(13-15)31-3/h5-13,26H,1-4H3,(H,25,27). The second-order valence-corrected chi connectivity index (χ2v) is 9.00. The van der Waals surface area contributed by atoms with Gasteiger partial charge in [-0.2, -0.15) is 0 Å². The number of ether oxygens (including phenoxy) is 3. The topological polar surface area (TPSA) is 103 Å². The molecule has 2 N–H and O–H groups in total. The maximum Gasteiger partial charge on any atom is 0.261 e. The third-order valence-electron chi connectivity index (χ3n) is 4.86. The largest absolute Gasteiger partial charge is 0.493 e. The van der Waals surface area contributed by atoms with Crippen molar-refractivity contribution in [2.24, 2.45) is 0 Å². The van der Waals surface area contributed by atoms with Crippen molar-refractivity contribution >= 4 is 38.9 Å². The lowest BCUT2D eigenvalue weighted by molar-refractivity contribution is 0.102. The van der Waals surface area contributed by atoms with E-state index < -0.39 is 15.9 Å². The maximum atomic E-state index is 12.7. The van der Waals surface area contributed by atoms with E-state index >= 15 is 0 Å². The van der Waals surface area contributed by atoms with Crippen LogP contribution in [0.4, 0.5) is 11.4 Å². The van der Waals surface area contributed by atoms with Crippen molar-refractivity contribution in [3.63, 3.8) is 0 Å². The van der Waals surface area contributed by atoms with Gasteiger partial charge >= 0.3 is 0 Å². The van der Waals surface area contributed by atoms with E-state index in [-0.39, 0.29) is 10.5 Å². The summed E-state index contributed by atoms with van der Waals surface area (Å²) in [5, 5.41) is 3.18. The van der Waals surface area contributed by atoms with E-state index in [4.69, 9.17) is 25.8 Å². The van der Waals surface area contributed by atoms with Crippen LogP contribution in [-0.4, -0.2) is 35.7 Å². The highest BCUT2D eigenvalue weighted by molar-refractivity contribution is 7.92. The predicted octanol–water partition coefficient (Wildman–Crippen LogP) is 4.73. The molecule has 0 fully saturated rings. The molecule has 3 aromatic carbocycles. The molecular formula is C23H23ClN2O6S. The number of rotatable bonds is 8. The first-order valence-electron chi connectivity index (χ1n) is 9.69. The molecule has 174 valence electrons. The first-order valence-corrected chi connectivity index (χ1v) is 11.6. The Bertz CT molecular complexity index is 1250. The average molecular weight is 491 g/mol. The molecule has 3 rings (SSSR count). The number of halogens is 1. The van der Waals surface area contributed by atoms with Crippen molar-refractivity contribution in [3.8, 4) is 17.2 Å². The van der Waals surface area contributed by atoms with Crippen LogP contribution in [0, 0.1) is 6.92 Å². The summed E-state index contributed by atoms with van der Waals surface area (Å²) in [5.41, 5.74) is 1.70. The first-order chi connectivity index (χ1) is 15.7. The van der Waals surface area contributed by atoms with Crippen LogP contribution in [0.25, 0.3) is 0 Å². The molecule has 3 aromatic rings. The van der Waals surface area contributed by atoms with Gasteiger partial charge in [-0.05, 0) is 61.0 Å². The predicted molar refractivity (Wildman–Crippen MR) is 127 cm³/mol. The highest BCUT2D eigenvalue weighted by Gasteiger charge is 2.19. The monoisotopic (exact) mass is 490 g/mol. The minimum Gasteiger partial charge on any atom is -0.493 e. The summed E-state index contributed by atoms with van der Waals surface area (Å²) in [4.78, 5) is 12.8. The van der Waals surface area contributed by atoms with E-state index in [0.717, 1.165) is 0 Å². The van der Waals surface area contributed by atoms with Gasteiger partial charge in [0.1, 0.15) is 0 Å². The Balaban J connectivity index is 1.79. The number of carbonyl (C=O) groups is 1. The van der Waals surface area contributed by atoms with Crippen LogP contribution in [0.2, 0.25) is 5.02 Å². The first kappa shape index (κ1) is 24.2. The number of sulfonamides is 1. The molecule has 0 atom stereocenters. The minimum absolute atomic E-state index is 0.0349. The van der Waals surface area contributed by atoms with Crippen LogP contribution < -0.4 is 24.2 Å². The zero-order chi connectivity index (χ0) is 24.2. The highest BCUT2D eigenvalue weighted by atomic mass is 35.5. The number of anilines is 2. The molecule has 0 saturated heterocycles. The summed E-state index contributed by atoms with van der Waals surface area (Å²) >= 11 is 6.07. The van der Waals surface area contributed by atoms with Gasteiger partial charge in [-0.25, -0.2) is 8.42 Å². The van der Waals surface area contributed by atoms with Gasteiger partial charge in [0.15, 0.2) is 11.5 Å². The van der Waals surface area contributed by atoms with Crippen LogP contribution in [0.3, 0.4) is 0 Å². The third-order valence-corrected chi connectivity index (χ3v) is 6.65. The van der Waals surface area contributed by atoms with Gasteiger partial charge < -0.3 is 19.5 Å². The van der Waals surface area contributed by atoms with Gasteiger partial charge in [0.25, 0.3) is 15.9 Å². The molecule has 0 aliphatic rings. The lowest BCUT2D eigenvalue weighted by Crippen LogP contribution is -2.15. The molecule has 33 heavy (non-hydrogen) atoms. The number of carbonyl (C=O) groups excluding carboxylic acids is 1. The Morgan fingerprint density at radius 2 is 1.52 bits per heavy atom. The van der Waals surface area contributed by atoms with E-state index in [9.17, 15) is 13.2 Å². The summed E-state index contributed by atoms with van der Waals surface area (Å²) < 4.78 is 43.8. The van der Waals surface area contributed by atoms with Crippen LogP contribution in [0.5, 0.6) is 17.2 Å². The van der Waals surface area contributed by atoms with E-state index in [0.29, 0.717) is 39.2 Å². The van der Waals surface area contributed by atoms with Crippen LogP contribution in [-0.2, 0) is 10.0 Å². The van der Waals surface area contributed by atoms with Gasteiger partial charge in [0.2, 0.25) is 5.75 Å². The van der Waals surface area contributed by atoms with Crippen LogP contribution >= 0.6 is 11.6 Å². The number of benzene rings is 3. The Morgan fingerprint density at radius 1 is 0.909 bits per heavy atom. The van der Waals surface area contributed by atoms with Crippen molar-refractivity contribution in [2.45, 2.75) is 11.8 Å². The molecule has 8 nitrogen and oxygen atoms in total. The molecule has 0 saturated carbocycles. The maximum absolute atomic E-state index is 12.7. The molecule has 0 aliphatic heterocycles. The summed E-state index contributed by atoms with van der Waals surface area (Å²) in [7, 11) is 0.537. The molecule has 10 heteroatoms. The fourth-order valence-electron chi connectivity index (χ4n) is 3.05. The summed E-state index contributed by atoms with van der Waals surface area (Å²) in [5.74, 6) is 0.614. The van der Waals surface area contributed by atoms with Gasteiger partial charge in [-0.3, -0.25) is 9.52 Å². The normalized spacial score (nSPS) is 10.9. The smallest absolute Gasteiger partial charge is 0.261 e. The highest BCUT2D eigenvalue weighted by Crippen LogP contribution is 2.38. The molecule has 0 bridgehead atoms. The molecule has 0 radical (unpaired) electrons. The lowest BCUT2D eigenvalue weighted by atomic mass is 10.1. The van der Waals surface area contributed by atoms with Crippen molar-refractivity contribution < 1.29 is 27.4 Å². The molecule has 0 aromatic heterocycles. The molecular weight excluding hydrogens is 468 g/mol. The van der Waals surface area contributed by atoms with Crippen molar-refractivity contribution in [3.05, 3.63) is 70.7 Å². The van der Waals surface area contributed by atoms with E-state index in [1.807, 2.05) is 0 Å². The molecule has 0 spiro atoms. The van der Waals surface area contributed by atoms with Gasteiger partial charge in [-0.15, -0.1) is 0 Å². The van der Waals surface area contributed by atoms with Crippen LogP contribution in [0.1, 0.15) is 15.9 Å². The van der Waals surface area contributed by atoms with E-state index in [2.05, 4.69) is 10.0 Å². The van der Waals surface area contributed by atoms with Crippen LogP contribution in [0.15, 0.2) is 59.5 Å². The number of amides is 1. The Morgan fingerprint density at radius 3 is 2.06 bits per heavy atom. The Hall–Kier alpha value is -3.43. The zero-order valence-electron chi connectivity index (χ0n) is 18.4. The fraction of sp³-hybridized carbons (Fsp3) is 0.174. The van der Waals surface area contributed by atoms with Crippen molar-refractivity contribution in [1.29, 1.82) is 0 Å². The number of hydrogen-bond acceptors (Lipinski definition) is 6. The molecule has 0 heterocycles. The molecule has 0 unspecified atom stereocenters. The van der Waals surface area contributed by atoms with Crippen molar-refractivity contribution in [2.75, 3.05) is 31.4 Å². The lowest BCUT2D eigenvalue weighted by Gasteiger charge is -2.14. The SMILES string of the molecule is COc1cc(C(=O)Nc2ccc(S(=O)(=O)Nc3cccc(Cl)c3C)cc2)cc(OC)c1OC.